The molecule has 2 atom stereocenters. The quantitative estimate of drug-likeness (QED) is 0.522. The van der Waals surface area contributed by atoms with Crippen LogP contribution in [0.25, 0.3) is 0 Å². The SMILES string of the molecule is COCC(C)CNCC(NC(C)=O)C(=O)O. The van der Waals surface area contributed by atoms with Crippen molar-refractivity contribution in [1.29, 1.82) is 0 Å². The minimum absolute atomic E-state index is 0.211. The van der Waals surface area contributed by atoms with E-state index >= 15 is 0 Å². The van der Waals surface area contributed by atoms with Crippen molar-refractivity contribution >= 4 is 11.9 Å². The molecule has 6 nitrogen and oxygen atoms in total. The third kappa shape index (κ3) is 7.19. The highest BCUT2D eigenvalue weighted by molar-refractivity contribution is 5.82. The van der Waals surface area contributed by atoms with Crippen LogP contribution < -0.4 is 10.6 Å². The van der Waals surface area contributed by atoms with Crippen molar-refractivity contribution in [2.75, 3.05) is 26.8 Å². The van der Waals surface area contributed by atoms with Crippen LogP contribution in [0.15, 0.2) is 0 Å². The molecule has 6 heteroatoms. The van der Waals surface area contributed by atoms with Gasteiger partial charge in [0, 0.05) is 27.2 Å². The third-order valence-electron chi connectivity index (χ3n) is 1.97. The number of rotatable bonds is 8. The number of aliphatic carboxylic acids is 1. The second-order valence-corrected chi connectivity index (χ2v) is 3.81. The normalized spacial score (nSPS) is 14.2. The zero-order valence-corrected chi connectivity index (χ0v) is 9.95. The molecule has 0 radical (unpaired) electrons. The number of hydrogen-bond acceptors (Lipinski definition) is 4. The molecule has 3 N–H and O–H groups in total. The average Bonchev–Trinajstić information content (AvgIpc) is 2.15. The molecule has 0 aromatic rings. The Morgan fingerprint density at radius 3 is 2.44 bits per heavy atom. The summed E-state index contributed by atoms with van der Waals surface area (Å²) in [6, 6.07) is -0.882. The molecule has 0 aliphatic heterocycles. The van der Waals surface area contributed by atoms with E-state index in [9.17, 15) is 9.59 Å². The first-order chi connectivity index (χ1) is 7.47. The topological polar surface area (TPSA) is 87.7 Å². The van der Waals surface area contributed by atoms with Gasteiger partial charge >= 0.3 is 5.97 Å². The first kappa shape index (κ1) is 14.9. The molecule has 0 aliphatic rings. The minimum atomic E-state index is -1.04. The van der Waals surface area contributed by atoms with Crippen LogP contribution in [-0.4, -0.2) is 49.8 Å². The molecule has 0 rings (SSSR count). The number of methoxy groups -OCH3 is 1. The molecular formula is C10H20N2O4. The molecule has 0 spiro atoms. The van der Waals surface area contributed by atoms with Crippen molar-refractivity contribution in [3.8, 4) is 0 Å². The summed E-state index contributed by atoms with van der Waals surface area (Å²) in [4.78, 5) is 21.5. The van der Waals surface area contributed by atoms with Crippen molar-refractivity contribution < 1.29 is 19.4 Å². The maximum Gasteiger partial charge on any atom is 0.327 e. The molecular weight excluding hydrogens is 212 g/mol. The summed E-state index contributed by atoms with van der Waals surface area (Å²) in [6.45, 7) is 4.76. The van der Waals surface area contributed by atoms with Gasteiger partial charge in [-0.25, -0.2) is 4.79 Å². The van der Waals surface area contributed by atoms with Gasteiger partial charge in [-0.15, -0.1) is 0 Å². The first-order valence-corrected chi connectivity index (χ1v) is 5.17. The first-order valence-electron chi connectivity index (χ1n) is 5.17. The van der Waals surface area contributed by atoms with Gasteiger partial charge in [0.05, 0.1) is 0 Å². The Morgan fingerprint density at radius 1 is 1.38 bits per heavy atom. The van der Waals surface area contributed by atoms with Gasteiger partial charge in [-0.05, 0) is 12.5 Å². The maximum atomic E-state index is 10.8. The van der Waals surface area contributed by atoms with Crippen molar-refractivity contribution in [2.45, 2.75) is 19.9 Å². The van der Waals surface area contributed by atoms with E-state index in [1.165, 1.54) is 6.92 Å². The van der Waals surface area contributed by atoms with Crippen LogP contribution in [0.4, 0.5) is 0 Å². The fourth-order valence-corrected chi connectivity index (χ4v) is 1.26. The number of nitrogens with one attached hydrogen (secondary N) is 2. The number of carboxylic acid groups (broad SMARTS) is 1. The molecule has 0 bridgehead atoms. The Hall–Kier alpha value is -1.14. The van der Waals surface area contributed by atoms with Crippen LogP contribution in [0, 0.1) is 5.92 Å². The predicted molar refractivity (Wildman–Crippen MR) is 59.2 cm³/mol. The summed E-state index contributed by atoms with van der Waals surface area (Å²) in [5, 5.41) is 14.1. The second kappa shape index (κ2) is 8.06. The fourth-order valence-electron chi connectivity index (χ4n) is 1.26. The van der Waals surface area contributed by atoms with Crippen molar-refractivity contribution in [2.24, 2.45) is 5.92 Å². The van der Waals surface area contributed by atoms with Crippen molar-refractivity contribution in [3.63, 3.8) is 0 Å². The van der Waals surface area contributed by atoms with E-state index in [0.717, 1.165) is 0 Å². The zero-order chi connectivity index (χ0) is 12.6. The van der Waals surface area contributed by atoms with Gasteiger partial charge in [-0.2, -0.15) is 0 Å². The Kier molecular flexibility index (Phi) is 7.49. The monoisotopic (exact) mass is 232 g/mol. The summed E-state index contributed by atoms with van der Waals surface area (Å²) in [5.41, 5.74) is 0. The van der Waals surface area contributed by atoms with Gasteiger partial charge in [0.25, 0.3) is 0 Å². The summed E-state index contributed by atoms with van der Waals surface area (Å²) in [5.74, 6) is -1.09. The largest absolute Gasteiger partial charge is 0.480 e. The Balaban J connectivity index is 3.84. The highest BCUT2D eigenvalue weighted by Gasteiger charge is 2.17. The molecule has 16 heavy (non-hydrogen) atoms. The van der Waals surface area contributed by atoms with E-state index in [1.807, 2.05) is 6.92 Å². The molecule has 0 fully saturated rings. The van der Waals surface area contributed by atoms with E-state index in [4.69, 9.17) is 9.84 Å². The van der Waals surface area contributed by atoms with Gasteiger partial charge in [-0.3, -0.25) is 4.79 Å². The van der Waals surface area contributed by atoms with Gasteiger partial charge < -0.3 is 20.5 Å². The lowest BCUT2D eigenvalue weighted by Gasteiger charge is -2.16. The Bertz CT molecular complexity index is 233. The highest BCUT2D eigenvalue weighted by atomic mass is 16.5. The maximum absolute atomic E-state index is 10.8. The van der Waals surface area contributed by atoms with E-state index in [2.05, 4.69) is 10.6 Å². The van der Waals surface area contributed by atoms with E-state index in [-0.39, 0.29) is 12.5 Å². The molecule has 0 heterocycles. The van der Waals surface area contributed by atoms with Crippen LogP contribution in [0.1, 0.15) is 13.8 Å². The van der Waals surface area contributed by atoms with Crippen LogP contribution in [0.3, 0.4) is 0 Å². The third-order valence-corrected chi connectivity index (χ3v) is 1.97. The predicted octanol–water partition coefficient (Wildman–Crippen LogP) is -0.552. The number of ether oxygens (including phenoxy) is 1. The molecule has 0 saturated carbocycles. The van der Waals surface area contributed by atoms with Gasteiger partial charge in [-0.1, -0.05) is 6.92 Å². The minimum Gasteiger partial charge on any atom is -0.480 e. The van der Waals surface area contributed by atoms with Crippen LogP contribution in [0.5, 0.6) is 0 Å². The molecule has 2 unspecified atom stereocenters. The average molecular weight is 232 g/mol. The lowest BCUT2D eigenvalue weighted by molar-refractivity contribution is -0.141. The zero-order valence-electron chi connectivity index (χ0n) is 9.95. The molecule has 1 amide bonds. The lowest BCUT2D eigenvalue weighted by Crippen LogP contribution is -2.47. The van der Waals surface area contributed by atoms with Crippen LogP contribution >= 0.6 is 0 Å². The van der Waals surface area contributed by atoms with Crippen LogP contribution in [0.2, 0.25) is 0 Å². The number of carboxylic acids is 1. The standard InChI is InChI=1S/C10H20N2O4/c1-7(6-16-3)4-11-5-9(10(14)15)12-8(2)13/h7,9,11H,4-6H2,1-3H3,(H,12,13)(H,14,15). The number of carbonyl (C=O) groups excluding carboxylic acids is 1. The molecule has 0 aromatic carbocycles. The van der Waals surface area contributed by atoms with Crippen molar-refractivity contribution in [3.05, 3.63) is 0 Å². The number of amides is 1. The van der Waals surface area contributed by atoms with E-state index in [1.54, 1.807) is 7.11 Å². The van der Waals surface area contributed by atoms with Gasteiger partial charge in [0.1, 0.15) is 6.04 Å². The molecule has 94 valence electrons. The number of carbonyl (C=O) groups is 2. The fraction of sp³-hybridized carbons (Fsp3) is 0.800. The number of hydrogen-bond donors (Lipinski definition) is 3. The lowest BCUT2D eigenvalue weighted by atomic mass is 10.2. The van der Waals surface area contributed by atoms with Gasteiger partial charge in [0.2, 0.25) is 5.91 Å². The van der Waals surface area contributed by atoms with E-state index in [0.29, 0.717) is 19.1 Å². The van der Waals surface area contributed by atoms with Gasteiger partial charge in [0.15, 0.2) is 0 Å². The summed E-state index contributed by atoms with van der Waals surface area (Å²) in [6.07, 6.45) is 0. The summed E-state index contributed by atoms with van der Waals surface area (Å²) in [7, 11) is 1.62. The molecule has 0 aromatic heterocycles. The summed E-state index contributed by atoms with van der Waals surface area (Å²) < 4.78 is 4.95. The van der Waals surface area contributed by atoms with E-state index < -0.39 is 12.0 Å². The van der Waals surface area contributed by atoms with Crippen LogP contribution in [-0.2, 0) is 14.3 Å². The Morgan fingerprint density at radius 2 is 2.00 bits per heavy atom. The molecule has 0 aliphatic carbocycles. The second-order valence-electron chi connectivity index (χ2n) is 3.81. The summed E-state index contributed by atoms with van der Waals surface area (Å²) >= 11 is 0. The Labute approximate surface area is 95.4 Å². The smallest absolute Gasteiger partial charge is 0.327 e. The highest BCUT2D eigenvalue weighted by Crippen LogP contribution is 1.92. The molecule has 0 saturated heterocycles. The van der Waals surface area contributed by atoms with Crippen molar-refractivity contribution in [1.82, 2.24) is 10.6 Å².